The van der Waals surface area contributed by atoms with Gasteiger partial charge in [0.05, 0.1) is 6.61 Å². The summed E-state index contributed by atoms with van der Waals surface area (Å²) in [7, 11) is -4.31. The standard InChI is InChI=1S/C3H8O5S.Na.H/c4-2-1-3-8-9(5,6)7;;/h4H,1-3H2,(H,5,6,7);;. The molecule has 0 aliphatic rings. The normalized spacial score (nSPS) is 10.6. The van der Waals surface area contributed by atoms with Gasteiger partial charge in [-0.25, -0.2) is 4.18 Å². The second kappa shape index (κ2) is 6.53. The van der Waals surface area contributed by atoms with Gasteiger partial charge in [-0.15, -0.1) is 0 Å². The third-order valence-corrected chi connectivity index (χ3v) is 0.999. The molecule has 0 fully saturated rings. The van der Waals surface area contributed by atoms with Crippen molar-refractivity contribution in [3.8, 4) is 0 Å². The predicted octanol–water partition coefficient (Wildman–Crippen LogP) is -1.46. The summed E-state index contributed by atoms with van der Waals surface area (Å²) in [5.41, 5.74) is 0. The molecule has 58 valence electrons. The van der Waals surface area contributed by atoms with Crippen LogP contribution in [-0.4, -0.2) is 60.8 Å². The Labute approximate surface area is 81.6 Å². The second-order valence-electron chi connectivity index (χ2n) is 1.33. The Balaban J connectivity index is 0. The van der Waals surface area contributed by atoms with Crippen molar-refractivity contribution in [3.63, 3.8) is 0 Å². The molecule has 0 saturated carbocycles. The third kappa shape index (κ3) is 11.6. The van der Waals surface area contributed by atoms with Gasteiger partial charge >= 0.3 is 40.0 Å². The molecule has 7 heteroatoms. The first-order valence-electron chi connectivity index (χ1n) is 2.29. The van der Waals surface area contributed by atoms with Gasteiger partial charge in [0.25, 0.3) is 0 Å². The molecule has 0 aromatic carbocycles. The van der Waals surface area contributed by atoms with Crippen LogP contribution in [0.5, 0.6) is 0 Å². The van der Waals surface area contributed by atoms with E-state index < -0.39 is 10.4 Å². The van der Waals surface area contributed by atoms with Crippen molar-refractivity contribution in [3.05, 3.63) is 0 Å². The van der Waals surface area contributed by atoms with Gasteiger partial charge in [0.15, 0.2) is 0 Å². The zero-order valence-corrected chi connectivity index (χ0v) is 5.47. The Morgan fingerprint density at radius 2 is 1.90 bits per heavy atom. The molecular weight excluding hydrogens is 171 g/mol. The van der Waals surface area contributed by atoms with Gasteiger partial charge < -0.3 is 5.11 Å². The van der Waals surface area contributed by atoms with Gasteiger partial charge in [-0.2, -0.15) is 8.42 Å². The molecule has 0 heterocycles. The van der Waals surface area contributed by atoms with Crippen molar-refractivity contribution < 1.29 is 22.3 Å². The fourth-order valence-corrected chi connectivity index (χ4v) is 0.557. The maximum absolute atomic E-state index is 9.76. The summed E-state index contributed by atoms with van der Waals surface area (Å²) in [4.78, 5) is 0. The van der Waals surface area contributed by atoms with E-state index >= 15 is 0 Å². The van der Waals surface area contributed by atoms with E-state index in [4.69, 9.17) is 9.66 Å². The summed E-state index contributed by atoms with van der Waals surface area (Å²) in [6.07, 6.45) is 0.194. The zero-order chi connectivity index (χ0) is 7.33. The second-order valence-corrected chi connectivity index (χ2v) is 2.42. The Morgan fingerprint density at radius 1 is 1.40 bits per heavy atom. The van der Waals surface area contributed by atoms with Crippen LogP contribution in [0.25, 0.3) is 0 Å². The number of aliphatic hydroxyl groups is 1. The predicted molar refractivity (Wildman–Crippen MR) is 36.4 cm³/mol. The molecule has 0 saturated heterocycles. The van der Waals surface area contributed by atoms with Gasteiger partial charge in [0, 0.05) is 6.61 Å². The molecule has 0 rings (SSSR count). The molecule has 0 unspecified atom stereocenters. The van der Waals surface area contributed by atoms with Crippen molar-refractivity contribution in [1.29, 1.82) is 0 Å². The molecule has 10 heavy (non-hydrogen) atoms. The summed E-state index contributed by atoms with van der Waals surface area (Å²) in [6.45, 7) is -0.342. The first-order valence-corrected chi connectivity index (χ1v) is 3.65. The molecule has 0 aliphatic heterocycles. The van der Waals surface area contributed by atoms with E-state index in [-0.39, 0.29) is 49.2 Å². The number of aliphatic hydroxyl groups excluding tert-OH is 1. The number of rotatable bonds is 4. The van der Waals surface area contributed by atoms with Crippen LogP contribution in [-0.2, 0) is 14.6 Å². The fraction of sp³-hybridized carbons (Fsp3) is 1.00. The van der Waals surface area contributed by atoms with E-state index in [1.165, 1.54) is 0 Å². The Bertz CT molecular complexity index is 152. The van der Waals surface area contributed by atoms with E-state index in [9.17, 15) is 8.42 Å². The molecular formula is C3H9NaO5S. The van der Waals surface area contributed by atoms with Crippen molar-refractivity contribution in [2.45, 2.75) is 6.42 Å². The summed E-state index contributed by atoms with van der Waals surface area (Å²) in [5, 5.41) is 8.11. The SMILES string of the molecule is O=S(=O)(O)OCCCO.[NaH]. The molecule has 0 amide bonds. The molecule has 5 nitrogen and oxygen atoms in total. The maximum atomic E-state index is 9.76. The van der Waals surface area contributed by atoms with E-state index in [0.29, 0.717) is 0 Å². The van der Waals surface area contributed by atoms with Gasteiger partial charge in [0.2, 0.25) is 0 Å². The van der Waals surface area contributed by atoms with E-state index in [0.717, 1.165) is 0 Å². The molecule has 0 atom stereocenters. The van der Waals surface area contributed by atoms with Crippen LogP contribution in [0.2, 0.25) is 0 Å². The van der Waals surface area contributed by atoms with E-state index in [1.807, 2.05) is 0 Å². The quantitative estimate of drug-likeness (QED) is 0.314. The van der Waals surface area contributed by atoms with Gasteiger partial charge in [-0.3, -0.25) is 4.55 Å². The zero-order valence-electron chi connectivity index (χ0n) is 4.65. The molecule has 2 N–H and O–H groups in total. The molecule has 0 spiro atoms. The number of hydrogen-bond acceptors (Lipinski definition) is 4. The third-order valence-electron chi connectivity index (χ3n) is 0.535. The number of hydrogen-bond donors (Lipinski definition) is 2. The molecule has 0 bridgehead atoms. The van der Waals surface area contributed by atoms with Crippen molar-refractivity contribution in [1.82, 2.24) is 0 Å². The Morgan fingerprint density at radius 3 is 2.20 bits per heavy atom. The molecule has 0 aromatic heterocycles. The van der Waals surface area contributed by atoms with Crippen LogP contribution in [0.3, 0.4) is 0 Å². The van der Waals surface area contributed by atoms with Crippen LogP contribution in [0.15, 0.2) is 0 Å². The average Bonchev–Trinajstić information content (AvgIpc) is 1.63. The summed E-state index contributed by atoms with van der Waals surface area (Å²) < 4.78 is 31.3. The summed E-state index contributed by atoms with van der Waals surface area (Å²) in [6, 6.07) is 0. The van der Waals surface area contributed by atoms with Crippen LogP contribution in [0, 0.1) is 0 Å². The Hall–Kier alpha value is 0.830. The van der Waals surface area contributed by atoms with Crippen LogP contribution >= 0.6 is 0 Å². The molecule has 0 aromatic rings. The summed E-state index contributed by atoms with van der Waals surface area (Å²) in [5.74, 6) is 0. The topological polar surface area (TPSA) is 83.8 Å². The van der Waals surface area contributed by atoms with Gasteiger partial charge in [0.1, 0.15) is 0 Å². The van der Waals surface area contributed by atoms with Crippen molar-refractivity contribution >= 4 is 40.0 Å². The van der Waals surface area contributed by atoms with Crippen LogP contribution in [0.1, 0.15) is 6.42 Å². The van der Waals surface area contributed by atoms with Gasteiger partial charge in [-0.05, 0) is 6.42 Å². The Kier molecular flexibility index (Phi) is 8.77. The van der Waals surface area contributed by atoms with Crippen LogP contribution < -0.4 is 0 Å². The van der Waals surface area contributed by atoms with Gasteiger partial charge in [-0.1, -0.05) is 0 Å². The van der Waals surface area contributed by atoms with Crippen molar-refractivity contribution in [2.75, 3.05) is 13.2 Å². The fourth-order valence-electron chi connectivity index (χ4n) is 0.229. The molecule has 0 radical (unpaired) electrons. The summed E-state index contributed by atoms with van der Waals surface area (Å²) >= 11 is 0. The van der Waals surface area contributed by atoms with Crippen LogP contribution in [0.4, 0.5) is 0 Å². The molecule has 0 aliphatic carbocycles. The van der Waals surface area contributed by atoms with E-state index in [2.05, 4.69) is 4.18 Å². The van der Waals surface area contributed by atoms with Crippen molar-refractivity contribution in [2.24, 2.45) is 0 Å². The monoisotopic (exact) mass is 180 g/mol. The first kappa shape index (κ1) is 13.4. The van der Waals surface area contributed by atoms with E-state index in [1.54, 1.807) is 0 Å². The minimum atomic E-state index is -4.31. The minimum absolute atomic E-state index is 0. The average molecular weight is 180 g/mol. The first-order chi connectivity index (χ1) is 4.06.